The van der Waals surface area contributed by atoms with E-state index >= 15 is 0 Å². The summed E-state index contributed by atoms with van der Waals surface area (Å²) in [6.07, 6.45) is 6.11. The van der Waals surface area contributed by atoms with Crippen molar-refractivity contribution in [2.45, 2.75) is 26.2 Å². The maximum absolute atomic E-state index is 6.03. The van der Waals surface area contributed by atoms with Gasteiger partial charge in [-0.25, -0.2) is 0 Å². The van der Waals surface area contributed by atoms with Crippen LogP contribution < -0.4 is 5.32 Å². The highest BCUT2D eigenvalue weighted by molar-refractivity contribution is 6.32. The molecule has 2 aromatic rings. The number of rotatable bonds is 7. The summed E-state index contributed by atoms with van der Waals surface area (Å²) in [4.78, 5) is 3.93. The fraction of sp³-hybridized carbons (Fsp3) is 0.462. The number of hydrogen-bond acceptors (Lipinski definition) is 5. The van der Waals surface area contributed by atoms with Gasteiger partial charge in [-0.3, -0.25) is 4.98 Å². The highest BCUT2D eigenvalue weighted by Crippen LogP contribution is 2.25. The van der Waals surface area contributed by atoms with E-state index in [1.54, 1.807) is 18.5 Å². The molecule has 6 heteroatoms. The molecule has 0 spiro atoms. The van der Waals surface area contributed by atoms with Crippen LogP contribution in [0.25, 0.3) is 11.5 Å². The molecule has 0 aliphatic heterocycles. The van der Waals surface area contributed by atoms with Gasteiger partial charge in [-0.1, -0.05) is 18.5 Å². The molecular weight excluding hydrogens is 264 g/mol. The summed E-state index contributed by atoms with van der Waals surface area (Å²) in [6, 6.07) is 1.77. The zero-order valence-electron chi connectivity index (χ0n) is 10.9. The van der Waals surface area contributed by atoms with Gasteiger partial charge in [0.05, 0.1) is 10.6 Å². The van der Waals surface area contributed by atoms with Crippen molar-refractivity contribution in [2.24, 2.45) is 0 Å². The minimum absolute atomic E-state index is 0.448. The molecule has 0 unspecified atom stereocenters. The van der Waals surface area contributed by atoms with Crippen LogP contribution in [0.2, 0.25) is 5.02 Å². The molecule has 1 N–H and O–H groups in total. The predicted octanol–water partition coefficient (Wildman–Crippen LogP) is 2.72. The fourth-order valence-corrected chi connectivity index (χ4v) is 1.88. The summed E-state index contributed by atoms with van der Waals surface area (Å²) in [5.41, 5.74) is 0.722. The first-order valence-corrected chi connectivity index (χ1v) is 6.82. The van der Waals surface area contributed by atoms with Gasteiger partial charge in [0.25, 0.3) is 0 Å². The van der Waals surface area contributed by atoms with E-state index in [2.05, 4.69) is 27.4 Å². The molecule has 0 saturated heterocycles. The van der Waals surface area contributed by atoms with Gasteiger partial charge < -0.3 is 9.73 Å². The van der Waals surface area contributed by atoms with Crippen molar-refractivity contribution in [2.75, 3.05) is 13.1 Å². The van der Waals surface area contributed by atoms with Crippen molar-refractivity contribution in [3.8, 4) is 11.5 Å². The summed E-state index contributed by atoms with van der Waals surface area (Å²) in [5, 5.41) is 11.9. The van der Waals surface area contributed by atoms with Gasteiger partial charge in [-0.15, -0.1) is 10.2 Å². The third-order valence-corrected chi connectivity index (χ3v) is 2.94. The highest BCUT2D eigenvalue weighted by Gasteiger charge is 2.11. The zero-order valence-corrected chi connectivity index (χ0v) is 11.7. The van der Waals surface area contributed by atoms with Gasteiger partial charge in [0.2, 0.25) is 11.8 Å². The van der Waals surface area contributed by atoms with Crippen molar-refractivity contribution in [1.82, 2.24) is 20.5 Å². The molecule has 0 amide bonds. The van der Waals surface area contributed by atoms with Crippen LogP contribution in [0.1, 0.15) is 25.7 Å². The van der Waals surface area contributed by atoms with Crippen LogP contribution in [-0.4, -0.2) is 28.3 Å². The van der Waals surface area contributed by atoms with Crippen LogP contribution in [0, 0.1) is 0 Å². The first-order chi connectivity index (χ1) is 9.31. The Morgan fingerprint density at radius 2 is 2.21 bits per heavy atom. The Morgan fingerprint density at radius 1 is 1.32 bits per heavy atom. The maximum atomic E-state index is 6.03. The van der Waals surface area contributed by atoms with Crippen molar-refractivity contribution >= 4 is 11.6 Å². The average Bonchev–Trinajstić information content (AvgIpc) is 2.88. The van der Waals surface area contributed by atoms with Gasteiger partial charge >= 0.3 is 0 Å². The minimum atomic E-state index is 0.448. The molecule has 0 aromatic carbocycles. The molecule has 2 rings (SSSR count). The molecule has 0 aliphatic rings. The lowest BCUT2D eigenvalue weighted by molar-refractivity contribution is 0.491. The van der Waals surface area contributed by atoms with Gasteiger partial charge in [0, 0.05) is 18.8 Å². The molecular formula is C13H17ClN4O. The van der Waals surface area contributed by atoms with Gasteiger partial charge in [-0.2, -0.15) is 0 Å². The smallest absolute Gasteiger partial charge is 0.249 e. The van der Waals surface area contributed by atoms with Crippen molar-refractivity contribution in [3.05, 3.63) is 29.4 Å². The second-order valence-electron chi connectivity index (χ2n) is 4.21. The molecule has 0 aliphatic carbocycles. The molecule has 0 atom stereocenters. The maximum Gasteiger partial charge on any atom is 0.249 e. The van der Waals surface area contributed by atoms with E-state index < -0.39 is 0 Å². The Balaban J connectivity index is 1.91. The first kappa shape index (κ1) is 14.0. The largest absolute Gasteiger partial charge is 0.421 e. The van der Waals surface area contributed by atoms with E-state index in [4.69, 9.17) is 16.0 Å². The highest BCUT2D eigenvalue weighted by atomic mass is 35.5. The molecule has 0 saturated carbocycles. The van der Waals surface area contributed by atoms with Crippen LogP contribution in [0.3, 0.4) is 0 Å². The van der Waals surface area contributed by atoms with E-state index in [0.29, 0.717) is 16.8 Å². The molecule has 19 heavy (non-hydrogen) atoms. The quantitative estimate of drug-likeness (QED) is 0.790. The Labute approximate surface area is 117 Å². The van der Waals surface area contributed by atoms with E-state index in [1.165, 1.54) is 0 Å². The number of aromatic nitrogens is 3. The molecule has 0 bridgehead atoms. The molecule has 0 fully saturated rings. The topological polar surface area (TPSA) is 63.8 Å². The van der Waals surface area contributed by atoms with Crippen LogP contribution in [-0.2, 0) is 6.42 Å². The molecule has 2 heterocycles. The van der Waals surface area contributed by atoms with Crippen molar-refractivity contribution < 1.29 is 4.42 Å². The van der Waals surface area contributed by atoms with Crippen LogP contribution in [0.15, 0.2) is 22.9 Å². The molecule has 102 valence electrons. The Hall–Kier alpha value is -1.46. The lowest BCUT2D eigenvalue weighted by Crippen LogP contribution is -2.16. The Kier molecular flexibility index (Phi) is 5.30. The van der Waals surface area contributed by atoms with Gasteiger partial charge in [0.1, 0.15) is 0 Å². The second-order valence-corrected chi connectivity index (χ2v) is 4.62. The van der Waals surface area contributed by atoms with Crippen molar-refractivity contribution in [1.29, 1.82) is 0 Å². The van der Waals surface area contributed by atoms with Crippen LogP contribution in [0.5, 0.6) is 0 Å². The first-order valence-electron chi connectivity index (χ1n) is 6.44. The number of halogens is 1. The fourth-order valence-electron chi connectivity index (χ4n) is 1.68. The second kappa shape index (κ2) is 7.21. The molecule has 0 radical (unpaired) electrons. The number of hydrogen-bond donors (Lipinski definition) is 1. The lowest BCUT2D eigenvalue weighted by Gasteiger charge is -2.00. The predicted molar refractivity (Wildman–Crippen MR) is 74.0 cm³/mol. The lowest BCUT2D eigenvalue weighted by atomic mass is 10.3. The van der Waals surface area contributed by atoms with E-state index in [-0.39, 0.29) is 0 Å². The summed E-state index contributed by atoms with van der Waals surface area (Å²) in [5.74, 6) is 1.09. The minimum Gasteiger partial charge on any atom is -0.421 e. The SMILES string of the molecule is CCCNCCCc1nnc(-c2ccncc2Cl)o1. The summed E-state index contributed by atoms with van der Waals surface area (Å²) in [6.45, 7) is 4.15. The van der Waals surface area contributed by atoms with Crippen LogP contribution >= 0.6 is 11.6 Å². The molecule has 5 nitrogen and oxygen atoms in total. The zero-order chi connectivity index (χ0) is 13.5. The van der Waals surface area contributed by atoms with Crippen molar-refractivity contribution in [3.63, 3.8) is 0 Å². The number of pyridine rings is 1. The van der Waals surface area contributed by atoms with Gasteiger partial charge in [0.15, 0.2) is 0 Å². The number of aryl methyl sites for hydroxylation is 1. The number of nitrogens with zero attached hydrogens (tertiary/aromatic N) is 3. The van der Waals surface area contributed by atoms with Gasteiger partial charge in [-0.05, 0) is 32.0 Å². The number of nitrogens with one attached hydrogen (secondary N) is 1. The normalized spacial score (nSPS) is 10.8. The monoisotopic (exact) mass is 280 g/mol. The summed E-state index contributed by atoms with van der Waals surface area (Å²) in [7, 11) is 0. The van der Waals surface area contributed by atoms with Crippen LogP contribution in [0.4, 0.5) is 0 Å². The van der Waals surface area contributed by atoms with E-state index in [1.807, 2.05) is 0 Å². The third kappa shape index (κ3) is 4.01. The summed E-state index contributed by atoms with van der Waals surface area (Å²) < 4.78 is 5.59. The van der Waals surface area contributed by atoms with E-state index in [9.17, 15) is 0 Å². The molecule has 2 aromatic heterocycles. The summed E-state index contributed by atoms with van der Waals surface area (Å²) >= 11 is 6.03. The Morgan fingerprint density at radius 3 is 3.00 bits per heavy atom. The Bertz CT molecular complexity index is 515. The standard InChI is InChI=1S/C13H17ClN4O/c1-2-6-15-7-3-4-12-17-18-13(19-12)10-5-8-16-9-11(10)14/h5,8-9,15H,2-4,6-7H2,1H3. The average molecular weight is 281 g/mol. The van der Waals surface area contributed by atoms with E-state index in [0.717, 1.165) is 37.9 Å². The third-order valence-electron chi connectivity index (χ3n) is 2.64.